The first-order chi connectivity index (χ1) is 28.0. The fourth-order valence-electron chi connectivity index (χ4n) is 8.59. The number of nitrogens with zero attached hydrogens (tertiary/aromatic N) is 3. The summed E-state index contributed by atoms with van der Waals surface area (Å²) in [6.07, 6.45) is -0.0965. The molecule has 6 rings (SSSR count). The molecule has 4 heterocycles. The maximum Gasteiger partial charge on any atom is 0.329 e. The number of rotatable bonds is 7. The lowest BCUT2D eigenvalue weighted by atomic mass is 9.98. The van der Waals surface area contributed by atoms with E-state index in [1.165, 1.54) is 28.5 Å². The number of nitrogens with two attached hydrogens (primary N) is 1. The summed E-state index contributed by atoms with van der Waals surface area (Å²) in [5.74, 6) is -6.74. The highest BCUT2D eigenvalue weighted by Crippen LogP contribution is 2.29. The quantitative estimate of drug-likeness (QED) is 0.295. The SMILES string of the molecule is Cc1ccc(CC(=O)N[C@@H](Cc2cc(F)cc(F)c2)C(=O)N[C@@H]2C(=O)N3C[C@@H](N)C[C@H]3C(=O)N3CCCC[C@H]3C(=O)N[C@@H](C)C(=O)N3C[C@@H](C)C[C@H]3C(=O)O[C@H]2C)cc1. The molecule has 0 aromatic heterocycles. The van der Waals surface area contributed by atoms with E-state index in [1.54, 1.807) is 12.1 Å². The second-order valence-electron chi connectivity index (χ2n) is 16.5. The van der Waals surface area contributed by atoms with Crippen LogP contribution in [-0.2, 0) is 51.1 Å². The molecule has 6 amide bonds. The van der Waals surface area contributed by atoms with Crippen LogP contribution in [0.1, 0.15) is 69.6 Å². The van der Waals surface area contributed by atoms with Gasteiger partial charge in [0.1, 0.15) is 54.0 Å². The predicted octanol–water partition coefficient (Wildman–Crippen LogP) is 1.02. The van der Waals surface area contributed by atoms with Gasteiger partial charge in [-0.2, -0.15) is 0 Å². The van der Waals surface area contributed by atoms with Gasteiger partial charge in [0, 0.05) is 38.2 Å². The molecule has 4 aliphatic heterocycles. The molecule has 0 saturated carbocycles. The molecule has 0 bridgehead atoms. The second kappa shape index (κ2) is 18.2. The number of amides is 6. The molecule has 2 aromatic rings. The number of benzene rings is 2. The topological polar surface area (TPSA) is 201 Å². The molecule has 0 radical (unpaired) electrons. The number of carbonyl (C=O) groups is 7. The van der Waals surface area contributed by atoms with Crippen LogP contribution in [0.3, 0.4) is 0 Å². The minimum Gasteiger partial charge on any atom is -0.458 e. The maximum atomic E-state index is 14.8. The van der Waals surface area contributed by atoms with Gasteiger partial charge in [0.25, 0.3) is 0 Å². The number of hydrogen-bond acceptors (Lipinski definition) is 9. The number of fused-ring (bicyclic) bond motifs is 3. The lowest BCUT2D eigenvalue weighted by Gasteiger charge is -2.39. The van der Waals surface area contributed by atoms with Gasteiger partial charge in [0.2, 0.25) is 35.4 Å². The van der Waals surface area contributed by atoms with Gasteiger partial charge in [-0.15, -0.1) is 0 Å². The third-order valence-electron chi connectivity index (χ3n) is 11.6. The number of esters is 1. The Hall–Kier alpha value is -5.45. The Balaban J connectivity index is 1.35. The standard InChI is InChI=1S/C42H53F2N7O8/c1-22-8-10-26(11-9-22)17-35(52)47-31(16-27-14-28(43)18-29(44)15-27)37(53)48-36-25(4)59-42(58)34-13-23(2)20-50(34)39(55)24(3)46-38(54)32-7-5-6-12-49(32)40(56)33-19-30(45)21-51(33)41(36)57/h8-11,14-15,18,23-25,30-34,36H,5-7,12-13,16-17,19-21,45H2,1-4H3,(H,46,54)(H,47,52)(H,48,53)/t23-,24-,25-,30-,31-,32-,33-,34-,36-/m0/s1. The van der Waals surface area contributed by atoms with E-state index in [-0.39, 0.29) is 50.4 Å². The van der Waals surface area contributed by atoms with Crippen molar-refractivity contribution in [2.75, 3.05) is 19.6 Å². The van der Waals surface area contributed by atoms with Gasteiger partial charge in [-0.3, -0.25) is 28.8 Å². The van der Waals surface area contributed by atoms with E-state index >= 15 is 0 Å². The number of cyclic esters (lactones) is 1. The van der Waals surface area contributed by atoms with E-state index in [9.17, 15) is 42.3 Å². The molecule has 15 nitrogen and oxygen atoms in total. The molecule has 0 unspecified atom stereocenters. The van der Waals surface area contributed by atoms with Gasteiger partial charge in [-0.1, -0.05) is 36.8 Å². The smallest absolute Gasteiger partial charge is 0.329 e. The Labute approximate surface area is 341 Å². The molecular weight excluding hydrogens is 768 g/mol. The number of ether oxygens (including phenoxy) is 1. The van der Waals surface area contributed by atoms with Crippen molar-refractivity contribution < 1.29 is 47.1 Å². The molecule has 9 atom stereocenters. The summed E-state index contributed by atoms with van der Waals surface area (Å²) in [6.45, 7) is 6.95. The van der Waals surface area contributed by atoms with Crippen LogP contribution in [0.15, 0.2) is 42.5 Å². The zero-order valence-corrected chi connectivity index (χ0v) is 33.7. The highest BCUT2D eigenvalue weighted by Gasteiger charge is 2.48. The van der Waals surface area contributed by atoms with Crippen LogP contribution in [0.25, 0.3) is 0 Å². The van der Waals surface area contributed by atoms with Crippen molar-refractivity contribution in [3.05, 3.63) is 70.8 Å². The van der Waals surface area contributed by atoms with Crippen LogP contribution in [0.4, 0.5) is 8.78 Å². The molecule has 0 aliphatic carbocycles. The first-order valence-electron chi connectivity index (χ1n) is 20.3. The van der Waals surface area contributed by atoms with Crippen LogP contribution >= 0.6 is 0 Å². The first kappa shape index (κ1) is 43.1. The van der Waals surface area contributed by atoms with Gasteiger partial charge < -0.3 is 41.1 Å². The van der Waals surface area contributed by atoms with Crippen LogP contribution < -0.4 is 21.7 Å². The largest absolute Gasteiger partial charge is 0.458 e. The summed E-state index contributed by atoms with van der Waals surface area (Å²) < 4.78 is 34.6. The van der Waals surface area contributed by atoms with Crippen molar-refractivity contribution in [1.29, 1.82) is 0 Å². The summed E-state index contributed by atoms with van der Waals surface area (Å²) in [6, 6.07) is 1.83. The minimum atomic E-state index is -1.66. The molecule has 59 heavy (non-hydrogen) atoms. The second-order valence-corrected chi connectivity index (χ2v) is 16.5. The van der Waals surface area contributed by atoms with E-state index in [0.29, 0.717) is 30.9 Å². The van der Waals surface area contributed by atoms with Crippen molar-refractivity contribution in [1.82, 2.24) is 30.7 Å². The number of halogens is 2. The molecule has 4 saturated heterocycles. The maximum absolute atomic E-state index is 14.8. The average molecular weight is 822 g/mol. The van der Waals surface area contributed by atoms with Gasteiger partial charge >= 0.3 is 5.97 Å². The van der Waals surface area contributed by atoms with Gasteiger partial charge in [-0.25, -0.2) is 13.6 Å². The third-order valence-corrected chi connectivity index (χ3v) is 11.6. The van der Waals surface area contributed by atoms with E-state index < -0.39 is 108 Å². The molecule has 0 spiro atoms. The number of nitrogens with one attached hydrogen (secondary N) is 3. The lowest BCUT2D eigenvalue weighted by Crippen LogP contribution is -2.63. The van der Waals surface area contributed by atoms with Gasteiger partial charge in [0.05, 0.1) is 6.42 Å². The van der Waals surface area contributed by atoms with E-state index in [1.807, 2.05) is 26.0 Å². The summed E-state index contributed by atoms with van der Waals surface area (Å²) >= 11 is 0. The summed E-state index contributed by atoms with van der Waals surface area (Å²) in [4.78, 5) is 102. The van der Waals surface area contributed by atoms with Crippen molar-refractivity contribution in [3.8, 4) is 0 Å². The van der Waals surface area contributed by atoms with Crippen molar-refractivity contribution >= 4 is 41.4 Å². The molecule has 4 fully saturated rings. The molecule has 4 aliphatic rings. The monoisotopic (exact) mass is 821 g/mol. The number of hydrogen-bond donors (Lipinski definition) is 4. The lowest BCUT2D eigenvalue weighted by molar-refractivity contribution is -0.163. The Morgan fingerprint density at radius 3 is 2.22 bits per heavy atom. The summed E-state index contributed by atoms with van der Waals surface area (Å²) in [5, 5.41) is 8.03. The first-order valence-corrected chi connectivity index (χ1v) is 20.3. The van der Waals surface area contributed by atoms with Crippen LogP contribution in [0.5, 0.6) is 0 Å². The van der Waals surface area contributed by atoms with Crippen molar-refractivity contribution in [2.45, 2.75) is 121 Å². The van der Waals surface area contributed by atoms with Gasteiger partial charge in [0.15, 0.2) is 0 Å². The van der Waals surface area contributed by atoms with E-state index in [2.05, 4.69) is 16.0 Å². The van der Waals surface area contributed by atoms with Crippen molar-refractivity contribution in [3.63, 3.8) is 0 Å². The van der Waals surface area contributed by atoms with E-state index in [4.69, 9.17) is 10.5 Å². The van der Waals surface area contributed by atoms with Crippen molar-refractivity contribution in [2.24, 2.45) is 11.7 Å². The fourth-order valence-corrected chi connectivity index (χ4v) is 8.59. The zero-order chi connectivity index (χ0) is 42.7. The van der Waals surface area contributed by atoms with Crippen LogP contribution in [0.2, 0.25) is 0 Å². The minimum absolute atomic E-state index is 0.0349. The Morgan fingerprint density at radius 2 is 1.53 bits per heavy atom. The molecule has 17 heteroatoms. The number of piperidine rings is 1. The average Bonchev–Trinajstić information content (AvgIpc) is 3.78. The van der Waals surface area contributed by atoms with Crippen LogP contribution in [-0.4, -0.2) is 124 Å². The Morgan fingerprint density at radius 1 is 0.847 bits per heavy atom. The Kier molecular flexibility index (Phi) is 13.3. The summed E-state index contributed by atoms with van der Waals surface area (Å²) in [7, 11) is 0. The normalized spacial score (nSPS) is 28.6. The highest BCUT2D eigenvalue weighted by atomic mass is 19.1. The molecule has 318 valence electrons. The van der Waals surface area contributed by atoms with Gasteiger partial charge in [-0.05, 0) is 82.1 Å². The third kappa shape index (κ3) is 10.1. The molecule has 5 N–H and O–H groups in total. The molecular formula is C42H53F2N7O8. The molecule has 2 aromatic carbocycles. The zero-order valence-electron chi connectivity index (χ0n) is 33.7. The number of aryl methyl sites for hydroxylation is 1. The highest BCUT2D eigenvalue weighted by molar-refractivity contribution is 5.98. The number of carbonyl (C=O) groups excluding carboxylic acids is 7. The van der Waals surface area contributed by atoms with Crippen LogP contribution in [0, 0.1) is 24.5 Å². The van der Waals surface area contributed by atoms with E-state index in [0.717, 1.165) is 17.7 Å². The fraction of sp³-hybridized carbons (Fsp3) is 0.548. The predicted molar refractivity (Wildman–Crippen MR) is 209 cm³/mol. The Bertz CT molecular complexity index is 1950. The summed E-state index contributed by atoms with van der Waals surface area (Å²) in [5.41, 5.74) is 8.01.